The molecule has 0 amide bonds. The predicted octanol–water partition coefficient (Wildman–Crippen LogP) is 3.86. The minimum atomic E-state index is 0.678. The van der Waals surface area contributed by atoms with E-state index < -0.39 is 0 Å². The van der Waals surface area contributed by atoms with Gasteiger partial charge < -0.3 is 10.5 Å². The molecule has 1 rings (SSSR count). The summed E-state index contributed by atoms with van der Waals surface area (Å²) in [6.45, 7) is 5.28. The van der Waals surface area contributed by atoms with Gasteiger partial charge in [0.25, 0.3) is 0 Å². The zero-order chi connectivity index (χ0) is 11.8. The quantitative estimate of drug-likeness (QED) is 0.709. The van der Waals surface area contributed by atoms with E-state index in [1.165, 1.54) is 25.7 Å². The molecule has 0 radical (unpaired) electrons. The topological polar surface area (TPSA) is 35.2 Å². The molecule has 0 aliphatic rings. The van der Waals surface area contributed by atoms with Crippen molar-refractivity contribution in [3.05, 3.63) is 24.3 Å². The molecule has 1 atom stereocenters. The lowest BCUT2D eigenvalue weighted by molar-refractivity contribution is 0.233. The summed E-state index contributed by atoms with van der Waals surface area (Å²) in [5.74, 6) is 1.60. The number of nitrogen functional groups attached to an aromatic ring is 1. The van der Waals surface area contributed by atoms with Gasteiger partial charge in [0.1, 0.15) is 5.75 Å². The van der Waals surface area contributed by atoms with Crippen molar-refractivity contribution in [2.45, 2.75) is 39.5 Å². The first-order chi connectivity index (χ1) is 7.76. The van der Waals surface area contributed by atoms with E-state index in [4.69, 9.17) is 10.5 Å². The molecule has 0 aromatic heterocycles. The molecule has 2 heteroatoms. The molecule has 2 N–H and O–H groups in total. The summed E-state index contributed by atoms with van der Waals surface area (Å²) < 4.78 is 5.76. The van der Waals surface area contributed by atoms with Crippen LogP contribution >= 0.6 is 0 Å². The van der Waals surface area contributed by atoms with Crippen molar-refractivity contribution >= 4 is 5.69 Å². The highest BCUT2D eigenvalue weighted by atomic mass is 16.5. The van der Waals surface area contributed by atoms with E-state index in [2.05, 4.69) is 13.8 Å². The van der Waals surface area contributed by atoms with Crippen LogP contribution in [0.5, 0.6) is 5.75 Å². The van der Waals surface area contributed by atoms with Gasteiger partial charge in [0, 0.05) is 5.69 Å². The molecule has 0 aliphatic heterocycles. The highest BCUT2D eigenvalue weighted by Gasteiger charge is 2.06. The van der Waals surface area contributed by atoms with Crippen molar-refractivity contribution in [1.82, 2.24) is 0 Å². The molecule has 16 heavy (non-hydrogen) atoms. The number of hydrogen-bond acceptors (Lipinski definition) is 2. The Morgan fingerprint density at radius 1 is 1.19 bits per heavy atom. The number of rotatable bonds is 7. The zero-order valence-corrected chi connectivity index (χ0v) is 10.4. The van der Waals surface area contributed by atoms with Gasteiger partial charge in [0.15, 0.2) is 0 Å². The molecule has 0 spiro atoms. The van der Waals surface area contributed by atoms with Crippen molar-refractivity contribution in [2.75, 3.05) is 12.3 Å². The molecule has 1 aromatic carbocycles. The highest BCUT2D eigenvalue weighted by Crippen LogP contribution is 2.17. The SMILES string of the molecule is CCCCC(CC)COc1ccc(N)cc1. The third-order valence-corrected chi connectivity index (χ3v) is 2.91. The van der Waals surface area contributed by atoms with Crippen LogP contribution in [0.25, 0.3) is 0 Å². The highest BCUT2D eigenvalue weighted by molar-refractivity contribution is 5.41. The van der Waals surface area contributed by atoms with E-state index in [1.807, 2.05) is 24.3 Å². The number of anilines is 1. The molecule has 0 bridgehead atoms. The minimum Gasteiger partial charge on any atom is -0.493 e. The molecular formula is C14H23NO. The summed E-state index contributed by atoms with van der Waals surface area (Å²) in [6.07, 6.45) is 5.01. The second-order valence-electron chi connectivity index (χ2n) is 4.30. The van der Waals surface area contributed by atoms with Crippen LogP contribution in [0.3, 0.4) is 0 Å². The van der Waals surface area contributed by atoms with Crippen LogP contribution in [0.15, 0.2) is 24.3 Å². The van der Waals surface area contributed by atoms with Gasteiger partial charge in [0.2, 0.25) is 0 Å². The number of hydrogen-bond donors (Lipinski definition) is 1. The van der Waals surface area contributed by atoms with Crippen LogP contribution in [-0.2, 0) is 0 Å². The van der Waals surface area contributed by atoms with Crippen molar-refractivity contribution in [1.29, 1.82) is 0 Å². The Morgan fingerprint density at radius 3 is 2.44 bits per heavy atom. The predicted molar refractivity (Wildman–Crippen MR) is 69.7 cm³/mol. The van der Waals surface area contributed by atoms with Gasteiger partial charge in [-0.15, -0.1) is 0 Å². The monoisotopic (exact) mass is 221 g/mol. The van der Waals surface area contributed by atoms with Crippen LogP contribution < -0.4 is 10.5 Å². The van der Waals surface area contributed by atoms with Gasteiger partial charge in [-0.1, -0.05) is 33.1 Å². The second kappa shape index (κ2) is 7.15. The Labute approximate surface area is 98.8 Å². The first-order valence-corrected chi connectivity index (χ1v) is 6.24. The lowest BCUT2D eigenvalue weighted by atomic mass is 10.0. The second-order valence-corrected chi connectivity index (χ2v) is 4.30. The van der Waals surface area contributed by atoms with Crippen LogP contribution in [0.2, 0.25) is 0 Å². The average Bonchev–Trinajstić information content (AvgIpc) is 2.32. The fourth-order valence-corrected chi connectivity index (χ4v) is 1.68. The summed E-state index contributed by atoms with van der Waals surface area (Å²) in [6, 6.07) is 7.62. The maximum atomic E-state index is 5.76. The normalized spacial score (nSPS) is 12.4. The number of unbranched alkanes of at least 4 members (excludes halogenated alkanes) is 1. The van der Waals surface area contributed by atoms with E-state index >= 15 is 0 Å². The number of nitrogens with two attached hydrogens (primary N) is 1. The van der Waals surface area contributed by atoms with E-state index in [-0.39, 0.29) is 0 Å². The van der Waals surface area contributed by atoms with Crippen molar-refractivity contribution in [3.63, 3.8) is 0 Å². The largest absolute Gasteiger partial charge is 0.493 e. The third kappa shape index (κ3) is 4.56. The molecule has 0 heterocycles. The van der Waals surface area contributed by atoms with Gasteiger partial charge >= 0.3 is 0 Å². The van der Waals surface area contributed by atoms with Gasteiger partial charge in [-0.3, -0.25) is 0 Å². The fourth-order valence-electron chi connectivity index (χ4n) is 1.68. The smallest absolute Gasteiger partial charge is 0.119 e. The Bertz CT molecular complexity index is 281. The molecule has 0 aliphatic carbocycles. The summed E-state index contributed by atoms with van der Waals surface area (Å²) in [5.41, 5.74) is 6.40. The summed E-state index contributed by atoms with van der Waals surface area (Å²) in [4.78, 5) is 0. The van der Waals surface area contributed by atoms with E-state index in [0.717, 1.165) is 18.0 Å². The molecule has 2 nitrogen and oxygen atoms in total. The summed E-state index contributed by atoms with van der Waals surface area (Å²) in [5, 5.41) is 0. The molecular weight excluding hydrogens is 198 g/mol. The first kappa shape index (κ1) is 12.9. The summed E-state index contributed by atoms with van der Waals surface area (Å²) in [7, 11) is 0. The zero-order valence-electron chi connectivity index (χ0n) is 10.4. The molecule has 90 valence electrons. The van der Waals surface area contributed by atoms with Gasteiger partial charge in [0.05, 0.1) is 6.61 Å². The molecule has 1 unspecified atom stereocenters. The van der Waals surface area contributed by atoms with E-state index in [9.17, 15) is 0 Å². The Hall–Kier alpha value is -1.18. The van der Waals surface area contributed by atoms with Crippen LogP contribution in [0.1, 0.15) is 39.5 Å². The lowest BCUT2D eigenvalue weighted by Crippen LogP contribution is -2.11. The maximum absolute atomic E-state index is 5.76. The van der Waals surface area contributed by atoms with Crippen molar-refractivity contribution in [3.8, 4) is 5.75 Å². The minimum absolute atomic E-state index is 0.678. The van der Waals surface area contributed by atoms with Crippen LogP contribution in [-0.4, -0.2) is 6.61 Å². The molecule has 0 fully saturated rings. The summed E-state index contributed by atoms with van der Waals surface area (Å²) >= 11 is 0. The number of ether oxygens (including phenoxy) is 1. The van der Waals surface area contributed by atoms with Crippen LogP contribution in [0.4, 0.5) is 5.69 Å². The van der Waals surface area contributed by atoms with Gasteiger partial charge in [-0.05, 0) is 36.6 Å². The maximum Gasteiger partial charge on any atom is 0.119 e. The Morgan fingerprint density at radius 2 is 1.88 bits per heavy atom. The van der Waals surface area contributed by atoms with Crippen LogP contribution in [0, 0.1) is 5.92 Å². The van der Waals surface area contributed by atoms with E-state index in [0.29, 0.717) is 5.92 Å². The number of benzene rings is 1. The van der Waals surface area contributed by atoms with E-state index in [1.54, 1.807) is 0 Å². The third-order valence-electron chi connectivity index (χ3n) is 2.91. The Kier molecular flexibility index (Phi) is 5.76. The molecule has 0 saturated carbocycles. The Balaban J connectivity index is 2.34. The van der Waals surface area contributed by atoms with Crippen molar-refractivity contribution < 1.29 is 4.74 Å². The van der Waals surface area contributed by atoms with Crippen molar-refractivity contribution in [2.24, 2.45) is 5.92 Å². The lowest BCUT2D eigenvalue weighted by Gasteiger charge is -2.15. The fraction of sp³-hybridized carbons (Fsp3) is 0.571. The molecule has 1 aromatic rings. The standard InChI is InChI=1S/C14H23NO/c1-3-5-6-12(4-2)11-16-14-9-7-13(15)8-10-14/h7-10,12H,3-6,11,15H2,1-2H3. The van der Waals surface area contributed by atoms with Gasteiger partial charge in [-0.25, -0.2) is 0 Å². The molecule has 0 saturated heterocycles. The average molecular weight is 221 g/mol. The van der Waals surface area contributed by atoms with Gasteiger partial charge in [-0.2, -0.15) is 0 Å². The first-order valence-electron chi connectivity index (χ1n) is 6.24.